The van der Waals surface area contributed by atoms with E-state index in [0.29, 0.717) is 23.5 Å². The van der Waals surface area contributed by atoms with E-state index in [1.807, 2.05) is 6.92 Å². The minimum Gasteiger partial charge on any atom is -0.399 e. The number of anilines is 2. The zero-order valence-electron chi connectivity index (χ0n) is 10.1. The molecule has 0 unspecified atom stereocenters. The maximum Gasteiger partial charge on any atom is 0.238 e. The summed E-state index contributed by atoms with van der Waals surface area (Å²) in [5.74, 6) is 0. The van der Waals surface area contributed by atoms with Crippen LogP contribution in [0.4, 0.5) is 11.4 Å². The van der Waals surface area contributed by atoms with Crippen LogP contribution in [0, 0.1) is 6.92 Å². The highest BCUT2D eigenvalue weighted by molar-refractivity contribution is 7.89. The zero-order chi connectivity index (χ0) is 13.2. The topological polar surface area (TPSA) is 98.7 Å². The van der Waals surface area contributed by atoms with E-state index in [4.69, 9.17) is 15.7 Å². The van der Waals surface area contributed by atoms with Gasteiger partial charge in [-0.15, -0.1) is 0 Å². The molecule has 17 heavy (non-hydrogen) atoms. The van der Waals surface area contributed by atoms with Gasteiger partial charge in [0.2, 0.25) is 10.0 Å². The molecule has 4 N–H and O–H groups in total. The molecular weight excluding hydrogens is 242 g/mol. The van der Waals surface area contributed by atoms with Crippen LogP contribution < -0.4 is 15.9 Å². The third-order valence-corrected chi connectivity index (χ3v) is 3.47. The van der Waals surface area contributed by atoms with Crippen molar-refractivity contribution in [2.24, 2.45) is 5.14 Å². The van der Waals surface area contributed by atoms with E-state index in [2.05, 4.69) is 0 Å². The molecule has 0 heterocycles. The lowest BCUT2D eigenvalue weighted by Crippen LogP contribution is -2.23. The number of sulfonamides is 1. The molecule has 0 bridgehead atoms. The van der Waals surface area contributed by atoms with E-state index in [0.717, 1.165) is 0 Å². The Bertz CT molecular complexity index is 510. The Kier molecular flexibility index (Phi) is 3.97. The molecule has 0 saturated carbocycles. The number of benzene rings is 1. The lowest BCUT2D eigenvalue weighted by atomic mass is 10.1. The second-order valence-electron chi connectivity index (χ2n) is 3.59. The smallest absolute Gasteiger partial charge is 0.238 e. The summed E-state index contributed by atoms with van der Waals surface area (Å²) in [6, 6.07) is 2.99. The van der Waals surface area contributed by atoms with E-state index in [-0.39, 0.29) is 4.90 Å². The molecule has 0 saturated heterocycles. The first-order chi connectivity index (χ1) is 7.81. The molecule has 0 aliphatic heterocycles. The predicted octanol–water partition coefficient (Wildman–Crippen LogP) is 0.612. The van der Waals surface area contributed by atoms with Crippen molar-refractivity contribution < 1.29 is 13.3 Å². The Balaban J connectivity index is 3.49. The van der Waals surface area contributed by atoms with Gasteiger partial charge >= 0.3 is 0 Å². The summed E-state index contributed by atoms with van der Waals surface area (Å²) in [6.45, 7) is 4.10. The third-order valence-electron chi connectivity index (χ3n) is 2.44. The van der Waals surface area contributed by atoms with Gasteiger partial charge in [-0.1, -0.05) is 0 Å². The molecule has 0 atom stereocenters. The first-order valence-corrected chi connectivity index (χ1v) is 6.60. The molecule has 0 spiro atoms. The summed E-state index contributed by atoms with van der Waals surface area (Å²) in [4.78, 5) is 5.15. The van der Waals surface area contributed by atoms with Crippen molar-refractivity contribution in [3.63, 3.8) is 0 Å². The summed E-state index contributed by atoms with van der Waals surface area (Å²) in [5, 5.41) is 6.68. The fraction of sp³-hybridized carbons (Fsp3) is 0.400. The molecule has 6 nitrogen and oxygen atoms in total. The summed E-state index contributed by atoms with van der Waals surface area (Å²) in [5.41, 5.74) is 7.11. The number of rotatable bonds is 4. The summed E-state index contributed by atoms with van der Waals surface area (Å²) >= 11 is 0. The van der Waals surface area contributed by atoms with Crippen molar-refractivity contribution in [2.45, 2.75) is 18.7 Å². The Morgan fingerprint density at radius 1 is 1.41 bits per heavy atom. The molecule has 7 heteroatoms. The largest absolute Gasteiger partial charge is 0.399 e. The highest BCUT2D eigenvalue weighted by Gasteiger charge is 2.18. The van der Waals surface area contributed by atoms with Crippen molar-refractivity contribution in [2.75, 3.05) is 24.5 Å². The highest BCUT2D eigenvalue weighted by atomic mass is 32.2. The fourth-order valence-electron chi connectivity index (χ4n) is 1.65. The number of nitrogens with zero attached hydrogens (tertiary/aromatic N) is 1. The lowest BCUT2D eigenvalue weighted by Gasteiger charge is -2.23. The van der Waals surface area contributed by atoms with Crippen LogP contribution in [0.25, 0.3) is 0 Å². The van der Waals surface area contributed by atoms with Crippen LogP contribution in [0.1, 0.15) is 12.5 Å². The maximum atomic E-state index is 11.4. The second-order valence-corrected chi connectivity index (χ2v) is 5.12. The second kappa shape index (κ2) is 4.91. The van der Waals surface area contributed by atoms with Crippen LogP contribution in [0.3, 0.4) is 0 Å². The molecule has 0 radical (unpaired) electrons. The van der Waals surface area contributed by atoms with Gasteiger partial charge in [-0.25, -0.2) is 13.6 Å². The predicted molar refractivity (Wildman–Crippen MR) is 67.0 cm³/mol. The van der Waals surface area contributed by atoms with Gasteiger partial charge in [0.15, 0.2) is 0 Å². The number of hydrogen-bond acceptors (Lipinski definition) is 5. The minimum absolute atomic E-state index is 0.0167. The molecule has 0 fully saturated rings. The van der Waals surface area contributed by atoms with Gasteiger partial charge in [-0.05, 0) is 31.5 Å². The van der Waals surface area contributed by atoms with Crippen LogP contribution in [-0.2, 0) is 14.9 Å². The standard InChI is InChI=1S/C10H17N3O3S/c1-4-13(16-3)9-5-8(11)6-10(7(9)2)17(12,14)15/h5-6H,4,11H2,1-3H3,(H2,12,14,15). The van der Waals surface area contributed by atoms with Gasteiger partial charge in [0.1, 0.15) is 0 Å². The van der Waals surface area contributed by atoms with Gasteiger partial charge in [-0.2, -0.15) is 0 Å². The van der Waals surface area contributed by atoms with Crippen LogP contribution >= 0.6 is 0 Å². The van der Waals surface area contributed by atoms with E-state index in [1.54, 1.807) is 18.1 Å². The van der Waals surface area contributed by atoms with E-state index in [1.165, 1.54) is 13.2 Å². The monoisotopic (exact) mass is 259 g/mol. The zero-order valence-corrected chi connectivity index (χ0v) is 10.9. The first kappa shape index (κ1) is 13.8. The van der Waals surface area contributed by atoms with Gasteiger partial charge in [-0.3, -0.25) is 9.90 Å². The van der Waals surface area contributed by atoms with Crippen molar-refractivity contribution in [3.05, 3.63) is 17.7 Å². The molecule has 1 aromatic rings. The van der Waals surface area contributed by atoms with Crippen LogP contribution in [0.5, 0.6) is 0 Å². The quantitative estimate of drug-likeness (QED) is 0.610. The molecule has 0 aliphatic rings. The number of hydrogen-bond donors (Lipinski definition) is 2. The van der Waals surface area contributed by atoms with E-state index < -0.39 is 10.0 Å². The number of primary sulfonamides is 1. The Morgan fingerprint density at radius 3 is 2.41 bits per heavy atom. The average molecular weight is 259 g/mol. The molecule has 1 aromatic carbocycles. The summed E-state index contributed by atoms with van der Waals surface area (Å²) in [7, 11) is -2.29. The van der Waals surface area contributed by atoms with Crippen LogP contribution in [0.15, 0.2) is 17.0 Å². The number of nitrogens with two attached hydrogens (primary N) is 2. The van der Waals surface area contributed by atoms with E-state index in [9.17, 15) is 8.42 Å². The molecule has 1 rings (SSSR count). The molecule has 0 amide bonds. The summed E-state index contributed by atoms with van der Waals surface area (Å²) < 4.78 is 22.8. The fourth-order valence-corrected chi connectivity index (χ4v) is 2.48. The number of hydroxylamine groups is 1. The van der Waals surface area contributed by atoms with Crippen molar-refractivity contribution in [3.8, 4) is 0 Å². The molecule has 0 aliphatic carbocycles. The van der Waals surface area contributed by atoms with Crippen LogP contribution in [-0.4, -0.2) is 22.1 Å². The molecular formula is C10H17N3O3S. The van der Waals surface area contributed by atoms with Crippen molar-refractivity contribution >= 4 is 21.4 Å². The Labute approximate surface area is 101 Å². The normalized spacial score (nSPS) is 11.5. The number of nitrogen functional groups attached to an aromatic ring is 1. The van der Waals surface area contributed by atoms with Gasteiger partial charge in [0, 0.05) is 12.2 Å². The van der Waals surface area contributed by atoms with E-state index >= 15 is 0 Å². The minimum atomic E-state index is -3.79. The third kappa shape index (κ3) is 2.87. The maximum absolute atomic E-state index is 11.4. The Hall–Kier alpha value is -1.31. The lowest BCUT2D eigenvalue weighted by molar-refractivity contribution is 0.170. The Morgan fingerprint density at radius 2 is 2.00 bits per heavy atom. The SMILES string of the molecule is CCN(OC)c1cc(N)cc(S(N)(=O)=O)c1C. The van der Waals surface area contributed by atoms with Gasteiger partial charge in [0.25, 0.3) is 0 Å². The molecule has 96 valence electrons. The average Bonchev–Trinajstić information content (AvgIpc) is 2.22. The molecule has 0 aromatic heterocycles. The first-order valence-electron chi connectivity index (χ1n) is 5.05. The van der Waals surface area contributed by atoms with Gasteiger partial charge in [0.05, 0.1) is 17.7 Å². The van der Waals surface area contributed by atoms with Crippen LogP contribution in [0.2, 0.25) is 0 Å². The summed E-state index contributed by atoms with van der Waals surface area (Å²) in [6.07, 6.45) is 0. The van der Waals surface area contributed by atoms with Crippen molar-refractivity contribution in [1.29, 1.82) is 0 Å². The van der Waals surface area contributed by atoms with Crippen molar-refractivity contribution in [1.82, 2.24) is 0 Å². The van der Waals surface area contributed by atoms with Gasteiger partial charge < -0.3 is 5.73 Å². The highest BCUT2D eigenvalue weighted by Crippen LogP contribution is 2.28.